The molecule has 0 heterocycles. The summed E-state index contributed by atoms with van der Waals surface area (Å²) in [6.45, 7) is 0. The van der Waals surface area contributed by atoms with E-state index in [1.807, 2.05) is 6.07 Å². The molecule has 0 aromatic heterocycles. The van der Waals surface area contributed by atoms with Crippen LogP contribution in [0.5, 0.6) is 5.75 Å². The van der Waals surface area contributed by atoms with Crippen molar-refractivity contribution in [1.29, 1.82) is 0 Å². The third-order valence-electron chi connectivity index (χ3n) is 5.70. The molecule has 4 aliphatic carbocycles. The predicted octanol–water partition coefficient (Wildman–Crippen LogP) is 2.01. The van der Waals surface area contributed by atoms with Crippen molar-refractivity contribution in [2.45, 2.75) is 43.9 Å². The molecule has 0 spiro atoms. The van der Waals surface area contributed by atoms with Crippen molar-refractivity contribution >= 4 is 30.7 Å². The summed E-state index contributed by atoms with van der Waals surface area (Å²) >= 11 is 3.22. The molecule has 0 saturated heterocycles. The Labute approximate surface area is 127 Å². The van der Waals surface area contributed by atoms with Crippen molar-refractivity contribution < 1.29 is 5.11 Å². The second kappa shape index (κ2) is 4.53. The van der Waals surface area contributed by atoms with Gasteiger partial charge in [0.15, 0.2) is 0 Å². The molecule has 4 aliphatic rings. The molecule has 5 rings (SSSR count). The van der Waals surface area contributed by atoms with Crippen molar-refractivity contribution in [1.82, 2.24) is 0 Å². The van der Waals surface area contributed by atoms with Gasteiger partial charge in [-0.15, -0.1) is 0 Å². The molecular formula is C16H20OSe2. The van der Waals surface area contributed by atoms with E-state index in [0.717, 1.165) is 17.8 Å². The predicted molar refractivity (Wildman–Crippen MR) is 80.5 cm³/mol. The van der Waals surface area contributed by atoms with Crippen LogP contribution >= 0.6 is 0 Å². The van der Waals surface area contributed by atoms with Crippen molar-refractivity contribution in [2.24, 2.45) is 17.8 Å². The van der Waals surface area contributed by atoms with Crippen LogP contribution in [0.3, 0.4) is 0 Å². The van der Waals surface area contributed by atoms with E-state index < -0.39 is 0 Å². The van der Waals surface area contributed by atoms with Crippen LogP contribution in [0.15, 0.2) is 18.2 Å². The zero-order chi connectivity index (χ0) is 13.0. The Bertz CT molecular complexity index is 502. The van der Waals surface area contributed by atoms with Crippen molar-refractivity contribution in [2.75, 3.05) is 0 Å². The van der Waals surface area contributed by atoms with Gasteiger partial charge >= 0.3 is 127 Å². The van der Waals surface area contributed by atoms with Gasteiger partial charge in [-0.05, 0) is 0 Å². The third kappa shape index (κ3) is 2.02. The summed E-state index contributed by atoms with van der Waals surface area (Å²) in [5.74, 6) is 3.40. The number of aromatic hydroxyl groups is 1. The number of hydrogen-bond donors (Lipinski definition) is 1. The Hall–Kier alpha value is 0.0590. The molecule has 0 radical (unpaired) electrons. The fraction of sp³-hybridized carbons (Fsp3) is 0.625. The van der Waals surface area contributed by atoms with E-state index >= 15 is 0 Å². The second-order valence-electron chi connectivity index (χ2n) is 6.99. The molecule has 1 N–H and O–H groups in total. The van der Waals surface area contributed by atoms with Gasteiger partial charge in [-0.25, -0.2) is 0 Å². The first-order valence-electron chi connectivity index (χ1n) is 7.35. The first-order valence-corrected chi connectivity index (χ1v) is 13.0. The fourth-order valence-corrected chi connectivity index (χ4v) is 7.36. The standard InChI is InChI=1S/C16H20OSe2/c17-15-6-13(19-18)1-2-14(15)16-7-10-3-11(8-16)5-12(4-10)9-16/h1-2,6,10-12,17,19H,3-5,7-9H2. The summed E-state index contributed by atoms with van der Waals surface area (Å²) in [4.78, 5) is 0. The van der Waals surface area contributed by atoms with E-state index in [9.17, 15) is 5.11 Å². The summed E-state index contributed by atoms with van der Waals surface area (Å²) in [6.07, 6.45) is 8.39. The van der Waals surface area contributed by atoms with E-state index in [-0.39, 0.29) is 12.6 Å². The van der Waals surface area contributed by atoms with Gasteiger partial charge in [-0.3, -0.25) is 0 Å². The van der Waals surface area contributed by atoms with Gasteiger partial charge in [0, 0.05) is 0 Å². The molecule has 3 heteroatoms. The van der Waals surface area contributed by atoms with Crippen LogP contribution in [-0.4, -0.2) is 31.4 Å². The van der Waals surface area contributed by atoms with E-state index in [1.165, 1.54) is 48.6 Å². The molecule has 19 heavy (non-hydrogen) atoms. The summed E-state index contributed by atoms with van der Waals surface area (Å²) in [5.41, 5.74) is 1.59. The van der Waals surface area contributed by atoms with Crippen LogP contribution in [0.4, 0.5) is 0 Å². The van der Waals surface area contributed by atoms with Gasteiger partial charge in [-0.1, -0.05) is 0 Å². The molecule has 4 bridgehead atoms. The first-order chi connectivity index (χ1) is 9.18. The van der Waals surface area contributed by atoms with Crippen molar-refractivity contribution in [3.63, 3.8) is 0 Å². The van der Waals surface area contributed by atoms with Gasteiger partial charge in [-0.2, -0.15) is 0 Å². The first kappa shape index (κ1) is 12.8. The number of hydrogen-bond acceptors (Lipinski definition) is 1. The zero-order valence-corrected chi connectivity index (χ0v) is 14.6. The molecule has 0 unspecified atom stereocenters. The van der Waals surface area contributed by atoms with Crippen LogP contribution in [0.2, 0.25) is 0 Å². The molecule has 4 saturated carbocycles. The molecule has 1 aromatic carbocycles. The maximum atomic E-state index is 10.5. The number of phenols is 1. The van der Waals surface area contributed by atoms with E-state index in [1.54, 1.807) is 0 Å². The maximum absolute atomic E-state index is 10.5. The quantitative estimate of drug-likeness (QED) is 0.772. The second-order valence-corrected chi connectivity index (χ2v) is 10.4. The SMILES string of the molecule is Oc1cc([SeH]=[Se])ccc1C12CC3CC(CC(C3)C1)C2. The molecule has 4 fully saturated rings. The van der Waals surface area contributed by atoms with Gasteiger partial charge < -0.3 is 0 Å². The van der Waals surface area contributed by atoms with Crippen molar-refractivity contribution in [3.8, 4) is 5.75 Å². The molecule has 102 valence electrons. The third-order valence-corrected chi connectivity index (χ3v) is 9.02. The number of phenolic OH excluding ortho intramolecular Hbond substituents is 1. The zero-order valence-electron chi connectivity index (χ0n) is 11.0. The Kier molecular flexibility index (Phi) is 3.05. The van der Waals surface area contributed by atoms with Crippen LogP contribution < -0.4 is 4.46 Å². The van der Waals surface area contributed by atoms with Gasteiger partial charge in [0.2, 0.25) is 0 Å². The Balaban J connectivity index is 1.77. The molecule has 0 atom stereocenters. The Morgan fingerprint density at radius 3 is 2.11 bits per heavy atom. The van der Waals surface area contributed by atoms with Crippen LogP contribution in [-0.2, 0) is 5.41 Å². The van der Waals surface area contributed by atoms with Gasteiger partial charge in [0.1, 0.15) is 0 Å². The average molecular weight is 386 g/mol. The minimum atomic E-state index is 0.0961. The van der Waals surface area contributed by atoms with Gasteiger partial charge in [0.05, 0.1) is 0 Å². The topological polar surface area (TPSA) is 20.2 Å². The fourth-order valence-electron chi connectivity index (χ4n) is 5.47. The summed E-state index contributed by atoms with van der Waals surface area (Å²) in [7, 11) is 0. The number of rotatable bonds is 2. The average Bonchev–Trinajstić information content (AvgIpc) is 2.36. The molecular weight excluding hydrogens is 366 g/mol. The minimum absolute atomic E-state index is 0.0961. The number of benzene rings is 1. The summed E-state index contributed by atoms with van der Waals surface area (Å²) in [6, 6.07) is 6.50. The van der Waals surface area contributed by atoms with E-state index in [2.05, 4.69) is 25.8 Å². The molecule has 0 amide bonds. The molecule has 1 aromatic rings. The normalized spacial score (nSPS) is 39.7. The van der Waals surface area contributed by atoms with E-state index in [4.69, 9.17) is 0 Å². The van der Waals surface area contributed by atoms with Gasteiger partial charge in [0.25, 0.3) is 0 Å². The Morgan fingerprint density at radius 2 is 1.63 bits per heavy atom. The van der Waals surface area contributed by atoms with Crippen LogP contribution in [0, 0.1) is 17.8 Å². The summed E-state index contributed by atoms with van der Waals surface area (Å²) in [5, 5.41) is 10.5. The van der Waals surface area contributed by atoms with Crippen LogP contribution in [0.1, 0.15) is 44.1 Å². The van der Waals surface area contributed by atoms with Crippen molar-refractivity contribution in [3.05, 3.63) is 23.8 Å². The summed E-state index contributed by atoms with van der Waals surface area (Å²) < 4.78 is 1.29. The molecule has 1 nitrogen and oxygen atoms in total. The van der Waals surface area contributed by atoms with E-state index in [0.29, 0.717) is 11.2 Å². The molecule has 0 aliphatic heterocycles. The monoisotopic (exact) mass is 388 g/mol. The Morgan fingerprint density at radius 1 is 1.05 bits per heavy atom. The van der Waals surface area contributed by atoms with Crippen LogP contribution in [0.25, 0.3) is 0 Å².